The van der Waals surface area contributed by atoms with E-state index in [-0.39, 0.29) is 24.4 Å². The molecule has 3 amide bonds. The number of ether oxygens (including phenoxy) is 1. The van der Waals surface area contributed by atoms with E-state index in [0.29, 0.717) is 18.8 Å². The van der Waals surface area contributed by atoms with Crippen LogP contribution in [0.4, 0.5) is 19.7 Å². The van der Waals surface area contributed by atoms with Gasteiger partial charge in [-0.2, -0.15) is 0 Å². The Balaban J connectivity index is 1.96. The van der Waals surface area contributed by atoms with Crippen LogP contribution >= 0.6 is 0 Å². The lowest BCUT2D eigenvalue weighted by atomic mass is 10.1. The van der Waals surface area contributed by atoms with Gasteiger partial charge in [-0.3, -0.25) is 0 Å². The molecule has 8 heteroatoms. The summed E-state index contributed by atoms with van der Waals surface area (Å²) in [6, 6.07) is 5.14. The molecule has 0 radical (unpaired) electrons. The second-order valence-corrected chi connectivity index (χ2v) is 7.43. The molecule has 0 saturated carbocycles. The lowest BCUT2D eigenvalue weighted by Gasteiger charge is -2.40. The molecule has 0 aromatic heterocycles. The Morgan fingerprint density at radius 3 is 2.50 bits per heavy atom. The van der Waals surface area contributed by atoms with Crippen LogP contribution in [0.2, 0.25) is 0 Å². The Morgan fingerprint density at radius 2 is 1.88 bits per heavy atom. The number of urea groups is 1. The molecule has 1 fully saturated rings. The maximum absolute atomic E-state index is 13.0. The summed E-state index contributed by atoms with van der Waals surface area (Å²) in [6.07, 6.45) is -0.510. The van der Waals surface area contributed by atoms with Crippen molar-refractivity contribution >= 4 is 17.8 Å². The number of anilines is 1. The maximum Gasteiger partial charge on any atom is 0.407 e. The van der Waals surface area contributed by atoms with Gasteiger partial charge < -0.3 is 25.2 Å². The van der Waals surface area contributed by atoms with Crippen LogP contribution in [0, 0.1) is 5.82 Å². The molecule has 26 heavy (non-hydrogen) atoms. The zero-order valence-corrected chi connectivity index (χ0v) is 15.7. The number of carbonyl (C=O) groups is 2. The normalized spacial score (nSPS) is 18.3. The van der Waals surface area contributed by atoms with E-state index in [1.807, 2.05) is 7.05 Å². The number of carbonyl (C=O) groups excluding carboxylic acids is 2. The maximum atomic E-state index is 13.0. The number of hydrogen-bond donors (Lipinski definition) is 2. The standard InChI is InChI=1S/C18H27FN4O3/c1-18(2,3)26-17(25)20-11-15-12-22(4)9-10-23(15)16(24)21-14-7-5-13(19)6-8-14/h5-8,15H,9-12H2,1-4H3,(H,20,25)(H,21,24)/t15-/m1/s1. The Bertz CT molecular complexity index is 630. The van der Waals surface area contributed by atoms with Crippen LogP contribution in [0.15, 0.2) is 24.3 Å². The minimum absolute atomic E-state index is 0.193. The van der Waals surface area contributed by atoms with Crippen molar-refractivity contribution in [3.05, 3.63) is 30.1 Å². The Labute approximate surface area is 153 Å². The van der Waals surface area contributed by atoms with Crippen LogP contribution in [0.3, 0.4) is 0 Å². The molecule has 1 atom stereocenters. The highest BCUT2D eigenvalue weighted by atomic mass is 19.1. The zero-order chi connectivity index (χ0) is 19.3. The third-order valence-corrected chi connectivity index (χ3v) is 3.92. The van der Waals surface area contributed by atoms with Crippen molar-refractivity contribution in [1.82, 2.24) is 15.1 Å². The number of rotatable bonds is 3. The van der Waals surface area contributed by atoms with E-state index in [9.17, 15) is 14.0 Å². The Kier molecular flexibility index (Phi) is 6.42. The zero-order valence-electron chi connectivity index (χ0n) is 15.7. The monoisotopic (exact) mass is 366 g/mol. The number of amides is 3. The van der Waals surface area contributed by atoms with Gasteiger partial charge in [0.1, 0.15) is 11.4 Å². The average molecular weight is 366 g/mol. The molecule has 0 spiro atoms. The van der Waals surface area contributed by atoms with E-state index in [0.717, 1.165) is 6.54 Å². The van der Waals surface area contributed by atoms with Crippen molar-refractivity contribution < 1.29 is 18.7 Å². The SMILES string of the molecule is CN1CCN(C(=O)Nc2ccc(F)cc2)[C@H](CNC(=O)OC(C)(C)C)C1. The number of halogens is 1. The summed E-state index contributed by atoms with van der Waals surface area (Å²) < 4.78 is 18.2. The Morgan fingerprint density at radius 1 is 1.23 bits per heavy atom. The molecule has 0 aliphatic carbocycles. The van der Waals surface area contributed by atoms with Gasteiger partial charge in [-0.05, 0) is 52.1 Å². The van der Waals surface area contributed by atoms with Gasteiger partial charge in [-0.25, -0.2) is 14.0 Å². The second kappa shape index (κ2) is 8.35. The topological polar surface area (TPSA) is 73.9 Å². The van der Waals surface area contributed by atoms with Crippen molar-refractivity contribution in [2.24, 2.45) is 0 Å². The fourth-order valence-electron chi connectivity index (χ4n) is 2.70. The summed E-state index contributed by atoms with van der Waals surface area (Å²) in [4.78, 5) is 28.3. The number of alkyl carbamates (subject to hydrolysis) is 1. The minimum atomic E-state index is -0.576. The van der Waals surface area contributed by atoms with Gasteiger partial charge in [0.15, 0.2) is 0 Å². The molecule has 1 aromatic carbocycles. The summed E-state index contributed by atoms with van der Waals surface area (Å²) in [5.74, 6) is -0.359. The van der Waals surface area contributed by atoms with Gasteiger partial charge in [0, 0.05) is 31.9 Å². The predicted octanol–water partition coefficient (Wildman–Crippen LogP) is 2.50. The van der Waals surface area contributed by atoms with Crippen LogP contribution in [-0.4, -0.2) is 66.8 Å². The summed E-state index contributed by atoms with van der Waals surface area (Å²) in [5, 5.41) is 5.49. The molecule has 144 valence electrons. The Hall–Kier alpha value is -2.35. The van der Waals surface area contributed by atoms with E-state index >= 15 is 0 Å². The van der Waals surface area contributed by atoms with Gasteiger partial charge >= 0.3 is 12.1 Å². The van der Waals surface area contributed by atoms with Gasteiger partial charge in [0.25, 0.3) is 0 Å². The highest BCUT2D eigenvalue weighted by Crippen LogP contribution is 2.14. The smallest absolute Gasteiger partial charge is 0.407 e. The van der Waals surface area contributed by atoms with Gasteiger partial charge in [-0.15, -0.1) is 0 Å². The van der Waals surface area contributed by atoms with E-state index in [1.54, 1.807) is 25.7 Å². The number of benzene rings is 1. The molecule has 1 aromatic rings. The summed E-state index contributed by atoms with van der Waals surface area (Å²) >= 11 is 0. The van der Waals surface area contributed by atoms with Gasteiger partial charge in [0.2, 0.25) is 0 Å². The molecular weight excluding hydrogens is 339 g/mol. The van der Waals surface area contributed by atoms with Crippen molar-refractivity contribution in [3.8, 4) is 0 Å². The molecular formula is C18H27FN4O3. The summed E-state index contributed by atoms with van der Waals surface area (Å²) in [7, 11) is 1.97. The van der Waals surface area contributed by atoms with Crippen LogP contribution in [0.25, 0.3) is 0 Å². The lowest BCUT2D eigenvalue weighted by molar-refractivity contribution is 0.0490. The van der Waals surface area contributed by atoms with Crippen LogP contribution < -0.4 is 10.6 Å². The first kappa shape index (κ1) is 20.0. The number of hydrogen-bond acceptors (Lipinski definition) is 4. The van der Waals surface area contributed by atoms with E-state index in [4.69, 9.17) is 4.74 Å². The lowest BCUT2D eigenvalue weighted by Crippen LogP contribution is -2.58. The van der Waals surface area contributed by atoms with E-state index in [1.165, 1.54) is 24.3 Å². The molecule has 1 heterocycles. The quantitative estimate of drug-likeness (QED) is 0.862. The van der Waals surface area contributed by atoms with Crippen LogP contribution in [-0.2, 0) is 4.74 Å². The fraction of sp³-hybridized carbons (Fsp3) is 0.556. The summed E-state index contributed by atoms with van der Waals surface area (Å²) in [5.41, 5.74) is -0.0539. The van der Waals surface area contributed by atoms with Crippen molar-refractivity contribution in [3.63, 3.8) is 0 Å². The summed E-state index contributed by atoms with van der Waals surface area (Å²) in [6.45, 7) is 7.57. The fourth-order valence-corrected chi connectivity index (χ4v) is 2.70. The molecule has 2 N–H and O–H groups in total. The minimum Gasteiger partial charge on any atom is -0.444 e. The van der Waals surface area contributed by atoms with Crippen LogP contribution in [0.5, 0.6) is 0 Å². The highest BCUT2D eigenvalue weighted by Gasteiger charge is 2.30. The van der Waals surface area contributed by atoms with E-state index in [2.05, 4.69) is 15.5 Å². The first-order valence-corrected chi connectivity index (χ1v) is 8.62. The number of likely N-dealkylation sites (N-methyl/N-ethyl adjacent to an activating group) is 1. The predicted molar refractivity (Wildman–Crippen MR) is 97.6 cm³/mol. The van der Waals surface area contributed by atoms with Gasteiger partial charge in [0.05, 0.1) is 6.04 Å². The molecule has 0 bridgehead atoms. The first-order valence-electron chi connectivity index (χ1n) is 8.62. The average Bonchev–Trinajstić information content (AvgIpc) is 2.53. The molecule has 7 nitrogen and oxygen atoms in total. The van der Waals surface area contributed by atoms with Gasteiger partial charge in [-0.1, -0.05) is 0 Å². The second-order valence-electron chi connectivity index (χ2n) is 7.43. The van der Waals surface area contributed by atoms with Crippen LogP contribution in [0.1, 0.15) is 20.8 Å². The first-order chi connectivity index (χ1) is 12.1. The number of piperazine rings is 1. The highest BCUT2D eigenvalue weighted by molar-refractivity contribution is 5.89. The molecule has 2 rings (SSSR count). The third-order valence-electron chi connectivity index (χ3n) is 3.92. The van der Waals surface area contributed by atoms with Crippen molar-refractivity contribution in [1.29, 1.82) is 0 Å². The largest absolute Gasteiger partial charge is 0.444 e. The van der Waals surface area contributed by atoms with E-state index < -0.39 is 11.7 Å². The molecule has 0 unspecified atom stereocenters. The molecule has 1 saturated heterocycles. The number of nitrogens with one attached hydrogen (secondary N) is 2. The molecule has 1 aliphatic rings. The van der Waals surface area contributed by atoms with Crippen molar-refractivity contribution in [2.45, 2.75) is 32.4 Å². The van der Waals surface area contributed by atoms with Crippen molar-refractivity contribution in [2.75, 3.05) is 38.5 Å². The number of nitrogens with zero attached hydrogens (tertiary/aromatic N) is 2. The molecule has 1 aliphatic heterocycles. The third kappa shape index (κ3) is 6.18.